The third-order valence-electron chi connectivity index (χ3n) is 7.33. The predicted molar refractivity (Wildman–Crippen MR) is 115 cm³/mol. The molecule has 5 rings (SSSR count). The van der Waals surface area contributed by atoms with E-state index >= 15 is 0 Å². The van der Waals surface area contributed by atoms with Crippen LogP contribution in [0.4, 0.5) is 11.4 Å². The van der Waals surface area contributed by atoms with Gasteiger partial charge in [0.1, 0.15) is 0 Å². The van der Waals surface area contributed by atoms with Crippen molar-refractivity contribution >= 4 is 35.0 Å². The molecule has 4 fully saturated rings. The van der Waals surface area contributed by atoms with Crippen LogP contribution in [0.5, 0.6) is 0 Å². The Morgan fingerprint density at radius 3 is 2.31 bits per heavy atom. The van der Waals surface area contributed by atoms with E-state index in [1.165, 1.54) is 4.90 Å². The van der Waals surface area contributed by atoms with Crippen LogP contribution in [0.1, 0.15) is 32.1 Å². The number of amides is 4. The molecule has 4 amide bonds. The first-order chi connectivity index (χ1) is 15.4. The van der Waals surface area contributed by atoms with Crippen LogP contribution in [0, 0.1) is 17.8 Å². The highest BCUT2D eigenvalue weighted by atomic mass is 16.5. The van der Waals surface area contributed by atoms with Gasteiger partial charge in [0.2, 0.25) is 23.6 Å². The standard InChI is InChI=1S/C23H28N4O5/c24-21(29)13-6-9-26(10-7-13)15-3-1-2-14(12-15)25-18(28)8-11-27-22(30)19-16-4-5-17(32-16)20(19)23(27)31/h1-3,12-13,16-17,19-20H,4-11H2,(H2,24,29)(H,25,28). The van der Waals surface area contributed by atoms with E-state index in [9.17, 15) is 19.2 Å². The highest BCUT2D eigenvalue weighted by Gasteiger charge is 2.62. The smallest absolute Gasteiger partial charge is 0.235 e. The molecule has 0 saturated carbocycles. The first kappa shape index (κ1) is 20.9. The Morgan fingerprint density at radius 1 is 1.03 bits per heavy atom. The Balaban J connectivity index is 1.15. The highest BCUT2D eigenvalue weighted by Crippen LogP contribution is 2.48. The van der Waals surface area contributed by atoms with E-state index in [0.717, 1.165) is 44.5 Å². The summed E-state index contributed by atoms with van der Waals surface area (Å²) in [5.41, 5.74) is 7.04. The minimum Gasteiger partial charge on any atom is -0.373 e. The number of nitrogens with one attached hydrogen (secondary N) is 1. The zero-order chi connectivity index (χ0) is 22.4. The molecule has 0 radical (unpaired) electrons. The van der Waals surface area contributed by atoms with Gasteiger partial charge in [-0.2, -0.15) is 0 Å². The molecule has 0 aliphatic carbocycles. The number of piperidine rings is 1. The van der Waals surface area contributed by atoms with Gasteiger partial charge in [-0.25, -0.2) is 0 Å². The lowest BCUT2D eigenvalue weighted by Crippen LogP contribution is -2.38. The van der Waals surface area contributed by atoms with Crippen molar-refractivity contribution in [2.45, 2.75) is 44.3 Å². The number of carbonyl (C=O) groups excluding carboxylic acids is 4. The maximum absolute atomic E-state index is 12.7. The average molecular weight is 441 g/mol. The van der Waals surface area contributed by atoms with Crippen LogP contribution in [0.25, 0.3) is 0 Å². The van der Waals surface area contributed by atoms with E-state index in [2.05, 4.69) is 10.2 Å². The summed E-state index contributed by atoms with van der Waals surface area (Å²) in [4.78, 5) is 52.7. The Hall–Kier alpha value is -2.94. The van der Waals surface area contributed by atoms with E-state index in [0.29, 0.717) is 5.69 Å². The summed E-state index contributed by atoms with van der Waals surface area (Å²) in [5.74, 6) is -1.68. The quantitative estimate of drug-likeness (QED) is 0.634. The number of benzene rings is 1. The van der Waals surface area contributed by atoms with Gasteiger partial charge < -0.3 is 20.7 Å². The molecule has 2 bridgehead atoms. The number of primary amides is 1. The topological polar surface area (TPSA) is 122 Å². The van der Waals surface area contributed by atoms with Gasteiger partial charge in [-0.15, -0.1) is 0 Å². The molecule has 4 heterocycles. The largest absolute Gasteiger partial charge is 0.373 e. The molecule has 0 aromatic heterocycles. The van der Waals surface area contributed by atoms with Gasteiger partial charge in [-0.05, 0) is 43.9 Å². The zero-order valence-electron chi connectivity index (χ0n) is 17.9. The van der Waals surface area contributed by atoms with Crippen LogP contribution in [0.15, 0.2) is 24.3 Å². The van der Waals surface area contributed by atoms with Gasteiger partial charge in [-0.3, -0.25) is 24.1 Å². The third-order valence-corrected chi connectivity index (χ3v) is 7.33. The van der Waals surface area contributed by atoms with Crippen LogP contribution >= 0.6 is 0 Å². The Kier molecular flexibility index (Phi) is 5.36. The number of nitrogens with zero attached hydrogens (tertiary/aromatic N) is 2. The summed E-state index contributed by atoms with van der Waals surface area (Å²) in [7, 11) is 0. The molecule has 9 nitrogen and oxygen atoms in total. The van der Waals surface area contributed by atoms with Crippen molar-refractivity contribution in [1.29, 1.82) is 0 Å². The monoisotopic (exact) mass is 440 g/mol. The second-order valence-electron chi connectivity index (χ2n) is 9.18. The van der Waals surface area contributed by atoms with Crippen molar-refractivity contribution in [3.63, 3.8) is 0 Å². The number of hydrogen-bond donors (Lipinski definition) is 2. The normalized spacial score (nSPS) is 29.5. The minimum absolute atomic E-state index is 0.0569. The SMILES string of the molecule is NC(=O)C1CCN(c2cccc(NC(=O)CCN3C(=O)C4C5CCC(O5)C4C3=O)c2)CC1. The molecule has 1 aromatic rings. The van der Waals surface area contributed by atoms with Crippen LogP contribution in [-0.4, -0.2) is 60.4 Å². The maximum Gasteiger partial charge on any atom is 0.235 e. The van der Waals surface area contributed by atoms with Crippen molar-refractivity contribution in [2.75, 3.05) is 29.9 Å². The number of anilines is 2. The zero-order valence-corrected chi connectivity index (χ0v) is 17.9. The summed E-state index contributed by atoms with van der Waals surface area (Å²) in [6, 6.07) is 7.55. The van der Waals surface area contributed by atoms with Crippen molar-refractivity contribution in [3.05, 3.63) is 24.3 Å². The third kappa shape index (κ3) is 3.64. The highest BCUT2D eigenvalue weighted by molar-refractivity contribution is 6.06. The number of imide groups is 1. The number of nitrogens with two attached hydrogens (primary N) is 1. The number of likely N-dealkylation sites (tertiary alicyclic amines) is 1. The van der Waals surface area contributed by atoms with E-state index in [-0.39, 0.29) is 66.6 Å². The molecule has 9 heteroatoms. The fourth-order valence-electron chi connectivity index (χ4n) is 5.63. The Labute approximate surface area is 186 Å². The Bertz CT molecular complexity index is 929. The van der Waals surface area contributed by atoms with E-state index in [4.69, 9.17) is 10.5 Å². The number of fused-ring (bicyclic) bond motifs is 5. The lowest BCUT2D eigenvalue weighted by molar-refractivity contribution is -0.142. The van der Waals surface area contributed by atoms with Gasteiger partial charge in [0.05, 0.1) is 24.0 Å². The lowest BCUT2D eigenvalue weighted by atomic mass is 9.81. The lowest BCUT2D eigenvalue weighted by Gasteiger charge is -2.32. The van der Waals surface area contributed by atoms with Crippen molar-refractivity contribution in [2.24, 2.45) is 23.5 Å². The summed E-state index contributed by atoms with van der Waals surface area (Å²) < 4.78 is 5.74. The van der Waals surface area contributed by atoms with Crippen LogP contribution in [0.2, 0.25) is 0 Å². The summed E-state index contributed by atoms with van der Waals surface area (Å²) in [6.07, 6.45) is 2.87. The summed E-state index contributed by atoms with van der Waals surface area (Å²) in [6.45, 7) is 1.56. The molecule has 4 unspecified atom stereocenters. The van der Waals surface area contributed by atoms with Crippen LogP contribution in [0.3, 0.4) is 0 Å². The van der Waals surface area contributed by atoms with Gasteiger partial charge in [0.25, 0.3) is 0 Å². The van der Waals surface area contributed by atoms with E-state index in [1.807, 2.05) is 24.3 Å². The summed E-state index contributed by atoms with van der Waals surface area (Å²) in [5, 5.41) is 2.87. The number of ether oxygens (including phenoxy) is 1. The van der Waals surface area contributed by atoms with Gasteiger partial charge >= 0.3 is 0 Å². The average Bonchev–Trinajstić information content (AvgIpc) is 3.47. The first-order valence-corrected chi connectivity index (χ1v) is 11.4. The minimum atomic E-state index is -0.361. The summed E-state index contributed by atoms with van der Waals surface area (Å²) >= 11 is 0. The van der Waals surface area contributed by atoms with E-state index in [1.54, 1.807) is 0 Å². The molecule has 0 spiro atoms. The predicted octanol–water partition coefficient (Wildman–Crippen LogP) is 0.879. The van der Waals surface area contributed by atoms with Crippen molar-refractivity contribution in [3.8, 4) is 0 Å². The molecular weight excluding hydrogens is 412 g/mol. The molecule has 4 saturated heterocycles. The van der Waals surface area contributed by atoms with E-state index < -0.39 is 0 Å². The number of rotatable bonds is 6. The van der Waals surface area contributed by atoms with Crippen LogP contribution < -0.4 is 16.0 Å². The molecule has 4 aliphatic rings. The fraction of sp³-hybridized carbons (Fsp3) is 0.565. The van der Waals surface area contributed by atoms with Crippen molar-refractivity contribution < 1.29 is 23.9 Å². The first-order valence-electron chi connectivity index (χ1n) is 11.4. The van der Waals surface area contributed by atoms with Gasteiger partial charge in [0, 0.05) is 43.3 Å². The van der Waals surface area contributed by atoms with Gasteiger partial charge in [-0.1, -0.05) is 6.07 Å². The molecule has 4 aliphatic heterocycles. The van der Waals surface area contributed by atoms with Crippen molar-refractivity contribution in [1.82, 2.24) is 4.90 Å². The maximum atomic E-state index is 12.7. The van der Waals surface area contributed by atoms with Gasteiger partial charge in [0.15, 0.2) is 0 Å². The number of carbonyl (C=O) groups is 4. The molecule has 3 N–H and O–H groups in total. The molecule has 170 valence electrons. The molecule has 4 atom stereocenters. The van der Waals surface area contributed by atoms with Crippen LogP contribution in [-0.2, 0) is 23.9 Å². The molecule has 32 heavy (non-hydrogen) atoms. The second-order valence-corrected chi connectivity index (χ2v) is 9.18. The molecule has 1 aromatic carbocycles. The molecular formula is C23H28N4O5. The Morgan fingerprint density at radius 2 is 1.69 bits per heavy atom. The number of hydrogen-bond acceptors (Lipinski definition) is 6. The fourth-order valence-corrected chi connectivity index (χ4v) is 5.63. The second kappa shape index (κ2) is 8.20.